The molecule has 0 saturated carbocycles. The van der Waals surface area contributed by atoms with Crippen LogP contribution in [0.3, 0.4) is 0 Å². The molecule has 0 saturated heterocycles. The Bertz CT molecular complexity index is 867. The first-order chi connectivity index (χ1) is 13.7. The second-order valence-electron chi connectivity index (χ2n) is 7.04. The molecule has 0 bridgehead atoms. The molecule has 8 heteroatoms. The lowest BCUT2D eigenvalue weighted by Crippen LogP contribution is -2.44. The average Bonchev–Trinajstić information content (AvgIpc) is 2.99. The molecule has 2 atom stereocenters. The molecule has 154 valence electrons. The van der Waals surface area contributed by atoms with Gasteiger partial charge in [0.05, 0.1) is 5.92 Å². The number of halogens is 3. The molecule has 29 heavy (non-hydrogen) atoms. The molecule has 0 heterocycles. The summed E-state index contributed by atoms with van der Waals surface area (Å²) in [7, 11) is 0. The van der Waals surface area contributed by atoms with Crippen molar-refractivity contribution < 1.29 is 32.6 Å². The maximum absolute atomic E-state index is 12.7. The third kappa shape index (κ3) is 4.52. The zero-order valence-electron chi connectivity index (χ0n) is 15.6. The first kappa shape index (κ1) is 20.7. The minimum Gasteiger partial charge on any atom is -0.480 e. The van der Waals surface area contributed by atoms with Crippen molar-refractivity contribution in [3.63, 3.8) is 0 Å². The van der Waals surface area contributed by atoms with Gasteiger partial charge in [0, 0.05) is 5.92 Å². The molecule has 2 aromatic rings. The molecule has 1 amide bonds. The van der Waals surface area contributed by atoms with Crippen molar-refractivity contribution in [2.24, 2.45) is 5.92 Å². The van der Waals surface area contributed by atoms with E-state index in [9.17, 15) is 22.8 Å². The fourth-order valence-electron chi connectivity index (χ4n) is 3.49. The smallest absolute Gasteiger partial charge is 0.407 e. The van der Waals surface area contributed by atoms with E-state index in [1.807, 2.05) is 53.8 Å². The van der Waals surface area contributed by atoms with Crippen molar-refractivity contribution in [3.8, 4) is 11.1 Å². The van der Waals surface area contributed by atoms with Gasteiger partial charge in [-0.3, -0.25) is 0 Å². The van der Waals surface area contributed by atoms with E-state index in [4.69, 9.17) is 9.84 Å². The van der Waals surface area contributed by atoms with Gasteiger partial charge in [0.25, 0.3) is 0 Å². The van der Waals surface area contributed by atoms with Gasteiger partial charge >= 0.3 is 18.2 Å². The van der Waals surface area contributed by atoms with Crippen LogP contribution < -0.4 is 5.32 Å². The predicted molar refractivity (Wildman–Crippen MR) is 99.5 cm³/mol. The number of amides is 1. The highest BCUT2D eigenvalue weighted by Crippen LogP contribution is 2.44. The van der Waals surface area contributed by atoms with E-state index in [1.54, 1.807) is 0 Å². The Labute approximate surface area is 165 Å². The van der Waals surface area contributed by atoms with Crippen molar-refractivity contribution in [1.82, 2.24) is 5.32 Å². The zero-order valence-corrected chi connectivity index (χ0v) is 15.6. The largest absolute Gasteiger partial charge is 0.480 e. The highest BCUT2D eigenvalue weighted by Gasteiger charge is 2.39. The molecule has 0 aliphatic heterocycles. The second-order valence-corrected chi connectivity index (χ2v) is 7.04. The Morgan fingerprint density at radius 1 is 1.07 bits per heavy atom. The van der Waals surface area contributed by atoms with Crippen LogP contribution >= 0.6 is 0 Å². The van der Waals surface area contributed by atoms with E-state index in [-0.39, 0.29) is 12.5 Å². The number of alkyl carbamates (subject to hydrolysis) is 1. The summed E-state index contributed by atoms with van der Waals surface area (Å²) in [5.74, 6) is -3.65. The van der Waals surface area contributed by atoms with E-state index < -0.39 is 36.6 Å². The van der Waals surface area contributed by atoms with Crippen LogP contribution in [0, 0.1) is 5.92 Å². The summed E-state index contributed by atoms with van der Waals surface area (Å²) in [5.41, 5.74) is 4.00. The van der Waals surface area contributed by atoms with Crippen LogP contribution in [0.5, 0.6) is 0 Å². The summed E-state index contributed by atoms with van der Waals surface area (Å²) in [6.45, 7) is 0.816. The van der Waals surface area contributed by atoms with Gasteiger partial charge in [0.2, 0.25) is 0 Å². The Balaban J connectivity index is 1.67. The van der Waals surface area contributed by atoms with Crippen LogP contribution in [0.25, 0.3) is 11.1 Å². The molecule has 0 aromatic heterocycles. The van der Waals surface area contributed by atoms with E-state index in [0.29, 0.717) is 0 Å². The molecule has 3 rings (SSSR count). The topological polar surface area (TPSA) is 75.6 Å². The monoisotopic (exact) mass is 407 g/mol. The lowest BCUT2D eigenvalue weighted by atomic mass is 9.98. The molecule has 0 radical (unpaired) electrons. The molecule has 1 aliphatic carbocycles. The maximum Gasteiger partial charge on any atom is 0.407 e. The van der Waals surface area contributed by atoms with Crippen LogP contribution in [-0.2, 0) is 9.53 Å². The van der Waals surface area contributed by atoms with Crippen molar-refractivity contribution in [2.75, 3.05) is 6.61 Å². The van der Waals surface area contributed by atoms with Crippen LogP contribution in [0.1, 0.15) is 30.4 Å². The van der Waals surface area contributed by atoms with Crippen molar-refractivity contribution in [1.29, 1.82) is 0 Å². The number of alkyl halides is 3. The first-order valence-electron chi connectivity index (χ1n) is 9.09. The van der Waals surface area contributed by atoms with Crippen molar-refractivity contribution >= 4 is 12.1 Å². The molecule has 0 fully saturated rings. The van der Waals surface area contributed by atoms with Gasteiger partial charge in [0.1, 0.15) is 12.6 Å². The number of carbonyl (C=O) groups excluding carboxylic acids is 1. The average molecular weight is 407 g/mol. The fourth-order valence-corrected chi connectivity index (χ4v) is 3.49. The lowest BCUT2D eigenvalue weighted by molar-refractivity contribution is -0.174. The Morgan fingerprint density at radius 3 is 2.07 bits per heavy atom. The van der Waals surface area contributed by atoms with E-state index in [1.165, 1.54) is 0 Å². The van der Waals surface area contributed by atoms with E-state index >= 15 is 0 Å². The Hall–Kier alpha value is -3.03. The van der Waals surface area contributed by atoms with Gasteiger partial charge in [-0.1, -0.05) is 55.5 Å². The number of rotatable bonds is 6. The van der Waals surface area contributed by atoms with Crippen LogP contribution in [-0.4, -0.2) is 36.0 Å². The molecule has 1 aliphatic rings. The Morgan fingerprint density at radius 2 is 1.59 bits per heavy atom. The standard InChI is InChI=1S/C21H20F3NO4/c1-12(21(22,23)24)10-18(19(26)27)25-20(28)29-11-17-15-8-4-2-6-13(15)14-7-3-5-9-16(14)17/h2-9,12,17-18H,10-11H2,1H3,(H,25,28)(H,26,27)/t12-,18+/m0/s1. The molecule has 2 N–H and O–H groups in total. The van der Waals surface area contributed by atoms with E-state index in [2.05, 4.69) is 0 Å². The van der Waals surface area contributed by atoms with Crippen LogP contribution in [0.2, 0.25) is 0 Å². The summed E-state index contributed by atoms with van der Waals surface area (Å²) < 4.78 is 43.3. The van der Waals surface area contributed by atoms with Gasteiger partial charge in [-0.2, -0.15) is 13.2 Å². The number of fused-ring (bicyclic) bond motifs is 3. The molecular formula is C21H20F3NO4. The number of carboxylic acid groups (broad SMARTS) is 1. The highest BCUT2D eigenvalue weighted by atomic mass is 19.4. The summed E-state index contributed by atoms with van der Waals surface area (Å²) in [4.78, 5) is 23.3. The fraction of sp³-hybridized carbons (Fsp3) is 0.333. The van der Waals surface area contributed by atoms with Gasteiger partial charge in [-0.25, -0.2) is 9.59 Å². The summed E-state index contributed by atoms with van der Waals surface area (Å²) in [6, 6.07) is 13.6. The second kappa shape index (κ2) is 8.14. The van der Waals surface area contributed by atoms with Crippen molar-refractivity contribution in [2.45, 2.75) is 31.5 Å². The summed E-state index contributed by atoms with van der Waals surface area (Å²) in [6.07, 6.45) is -6.38. The van der Waals surface area contributed by atoms with E-state index in [0.717, 1.165) is 29.2 Å². The molecule has 0 unspecified atom stereocenters. The van der Waals surface area contributed by atoms with Gasteiger partial charge in [-0.05, 0) is 28.7 Å². The number of nitrogens with one attached hydrogen (secondary N) is 1. The minimum atomic E-state index is -4.55. The number of aliphatic carboxylic acids is 1. The predicted octanol–water partition coefficient (Wildman–Crippen LogP) is 4.57. The minimum absolute atomic E-state index is 0.0545. The van der Waals surface area contributed by atoms with Crippen LogP contribution in [0.4, 0.5) is 18.0 Å². The third-order valence-electron chi connectivity index (χ3n) is 5.08. The number of ether oxygens (including phenoxy) is 1. The molecule has 2 aromatic carbocycles. The van der Waals surface area contributed by atoms with Gasteiger partial charge in [0.15, 0.2) is 0 Å². The number of hydrogen-bond donors (Lipinski definition) is 2. The lowest BCUT2D eigenvalue weighted by Gasteiger charge is -2.21. The normalized spacial score (nSPS) is 15.2. The summed E-state index contributed by atoms with van der Waals surface area (Å²) >= 11 is 0. The number of benzene rings is 2. The van der Waals surface area contributed by atoms with Gasteiger partial charge in [-0.15, -0.1) is 0 Å². The SMILES string of the molecule is C[C@@H](C[C@@H](NC(=O)OCC1c2ccccc2-c2ccccc21)C(=O)O)C(F)(F)F. The highest BCUT2D eigenvalue weighted by molar-refractivity contribution is 5.81. The molecule has 5 nitrogen and oxygen atoms in total. The zero-order chi connectivity index (χ0) is 21.2. The quantitative estimate of drug-likeness (QED) is 0.736. The number of hydrogen-bond acceptors (Lipinski definition) is 3. The maximum atomic E-state index is 12.7. The molecular weight excluding hydrogens is 387 g/mol. The molecule has 0 spiro atoms. The summed E-state index contributed by atoms with van der Waals surface area (Å²) in [5, 5.41) is 11.2. The Kier molecular flexibility index (Phi) is 5.81. The third-order valence-corrected chi connectivity index (χ3v) is 5.08. The van der Waals surface area contributed by atoms with Gasteiger partial charge < -0.3 is 15.2 Å². The van der Waals surface area contributed by atoms with Crippen LogP contribution in [0.15, 0.2) is 48.5 Å². The number of carboxylic acids is 1. The van der Waals surface area contributed by atoms with Crippen molar-refractivity contribution in [3.05, 3.63) is 59.7 Å². The first-order valence-corrected chi connectivity index (χ1v) is 9.09. The number of carbonyl (C=O) groups is 2.